The highest BCUT2D eigenvalue weighted by atomic mass is 16.6. The maximum atomic E-state index is 12.7. The molecule has 0 aliphatic rings. The number of nitrogens with zero attached hydrogens (tertiary/aromatic N) is 4. The molecule has 0 fully saturated rings. The first-order valence-electron chi connectivity index (χ1n) is 10.9. The van der Waals surface area contributed by atoms with Gasteiger partial charge in [0.05, 0.1) is 22.9 Å². The Balaban J connectivity index is 1.82. The van der Waals surface area contributed by atoms with Gasteiger partial charge in [0.2, 0.25) is 11.9 Å². The van der Waals surface area contributed by atoms with Gasteiger partial charge in [-0.15, -0.1) is 0 Å². The van der Waals surface area contributed by atoms with Crippen LogP contribution < -0.4 is 16.4 Å². The van der Waals surface area contributed by atoms with Crippen molar-refractivity contribution < 1.29 is 19.2 Å². The van der Waals surface area contributed by atoms with Crippen LogP contribution in [0, 0.1) is 10.1 Å². The number of ether oxygens (including phenoxy) is 1. The lowest BCUT2D eigenvalue weighted by atomic mass is 10.0. The summed E-state index contributed by atoms with van der Waals surface area (Å²) in [5, 5.41) is 16.9. The topological polar surface area (TPSA) is 175 Å². The highest BCUT2D eigenvalue weighted by molar-refractivity contribution is 5.98. The molecule has 35 heavy (non-hydrogen) atoms. The number of benzene rings is 1. The van der Waals surface area contributed by atoms with Gasteiger partial charge in [0, 0.05) is 30.3 Å². The smallest absolute Gasteiger partial charge is 0.342 e. The van der Waals surface area contributed by atoms with E-state index < -0.39 is 16.8 Å². The molecule has 12 heteroatoms. The second-order valence-electron chi connectivity index (χ2n) is 7.25. The third kappa shape index (κ3) is 6.25. The molecule has 3 rings (SSSR count). The van der Waals surface area contributed by atoms with Gasteiger partial charge in [0.1, 0.15) is 17.6 Å². The van der Waals surface area contributed by atoms with E-state index in [1.165, 1.54) is 18.3 Å². The lowest BCUT2D eigenvalue weighted by Gasteiger charge is -2.15. The zero-order valence-electron chi connectivity index (χ0n) is 19.3. The Labute approximate surface area is 201 Å². The molecule has 3 aromatic rings. The third-order valence-corrected chi connectivity index (χ3v) is 4.91. The number of nitrogens with one attached hydrogen (secondary N) is 2. The molecule has 1 aromatic carbocycles. The molecule has 0 unspecified atom stereocenters. The number of rotatable bonds is 11. The van der Waals surface area contributed by atoms with Crippen LogP contribution in [0.1, 0.15) is 40.3 Å². The Morgan fingerprint density at radius 2 is 1.77 bits per heavy atom. The highest BCUT2D eigenvalue weighted by Crippen LogP contribution is 2.27. The van der Waals surface area contributed by atoms with Crippen LogP contribution in [-0.4, -0.2) is 51.4 Å². The van der Waals surface area contributed by atoms with Crippen LogP contribution in [0.2, 0.25) is 0 Å². The number of carbonyl (C=O) groups is 2. The zero-order valence-corrected chi connectivity index (χ0v) is 19.3. The minimum atomic E-state index is -0.559. The zero-order chi connectivity index (χ0) is 25.4. The van der Waals surface area contributed by atoms with Crippen molar-refractivity contribution in [3.8, 4) is 11.3 Å². The average molecular weight is 479 g/mol. The van der Waals surface area contributed by atoms with Crippen LogP contribution in [-0.2, 0) is 11.2 Å². The number of aromatic nitrogens is 3. The summed E-state index contributed by atoms with van der Waals surface area (Å²) in [6, 6.07) is 9.34. The largest absolute Gasteiger partial charge is 0.462 e. The standard InChI is InChI=1S/C23H25N7O5/c1-3-17-19(22(32)35-4-2)20(14-5-7-15(8-6-14)21(24)31)29-23(28-17)26-12-11-25-18-10-9-16(13-27-18)30(33)34/h5-10,13H,3-4,11-12H2,1-2H3,(H2,24,31)(H,25,27)(H,26,28,29). The molecule has 4 N–H and O–H groups in total. The number of aryl methyl sites for hydroxylation is 1. The number of pyridine rings is 1. The van der Waals surface area contributed by atoms with Crippen LogP contribution in [0.3, 0.4) is 0 Å². The predicted molar refractivity (Wildman–Crippen MR) is 129 cm³/mol. The number of anilines is 2. The molecule has 0 radical (unpaired) electrons. The van der Waals surface area contributed by atoms with E-state index in [0.717, 1.165) is 0 Å². The van der Waals surface area contributed by atoms with Crippen molar-refractivity contribution in [2.24, 2.45) is 5.73 Å². The van der Waals surface area contributed by atoms with E-state index in [4.69, 9.17) is 10.5 Å². The number of nitrogens with two attached hydrogens (primary N) is 1. The molecule has 0 spiro atoms. The van der Waals surface area contributed by atoms with Crippen molar-refractivity contribution in [2.45, 2.75) is 20.3 Å². The van der Waals surface area contributed by atoms with Gasteiger partial charge in [-0.05, 0) is 31.5 Å². The number of nitro groups is 1. The van der Waals surface area contributed by atoms with E-state index in [1.54, 1.807) is 31.2 Å². The summed E-state index contributed by atoms with van der Waals surface area (Å²) in [6.07, 6.45) is 1.64. The summed E-state index contributed by atoms with van der Waals surface area (Å²) in [5.41, 5.74) is 7.33. The fourth-order valence-electron chi connectivity index (χ4n) is 3.22. The Bertz CT molecular complexity index is 1210. The molecule has 12 nitrogen and oxygen atoms in total. The number of hydrogen-bond donors (Lipinski definition) is 3. The van der Waals surface area contributed by atoms with Crippen LogP contribution in [0.25, 0.3) is 11.3 Å². The summed E-state index contributed by atoms with van der Waals surface area (Å²) in [5.74, 6) is -0.296. The summed E-state index contributed by atoms with van der Waals surface area (Å²) in [6.45, 7) is 4.62. The minimum absolute atomic E-state index is 0.0905. The SMILES string of the molecule is CCOC(=O)c1c(CC)nc(NCCNc2ccc([N+](=O)[O-])cn2)nc1-c1ccc(C(N)=O)cc1. The van der Waals surface area contributed by atoms with Crippen molar-refractivity contribution in [3.63, 3.8) is 0 Å². The number of amides is 1. The van der Waals surface area contributed by atoms with Gasteiger partial charge in [0.15, 0.2) is 0 Å². The summed E-state index contributed by atoms with van der Waals surface area (Å²) >= 11 is 0. The monoisotopic (exact) mass is 479 g/mol. The van der Waals surface area contributed by atoms with E-state index in [9.17, 15) is 19.7 Å². The third-order valence-electron chi connectivity index (χ3n) is 4.91. The number of carbonyl (C=O) groups excluding carboxylic acids is 2. The summed E-state index contributed by atoms with van der Waals surface area (Å²) in [7, 11) is 0. The normalized spacial score (nSPS) is 10.5. The first-order chi connectivity index (χ1) is 16.8. The van der Waals surface area contributed by atoms with Gasteiger partial charge in [-0.3, -0.25) is 14.9 Å². The van der Waals surface area contributed by atoms with Crippen LogP contribution in [0.4, 0.5) is 17.5 Å². The average Bonchev–Trinajstić information content (AvgIpc) is 2.86. The van der Waals surface area contributed by atoms with Gasteiger partial charge >= 0.3 is 5.97 Å². The van der Waals surface area contributed by atoms with Crippen LogP contribution in [0.5, 0.6) is 0 Å². The molecule has 182 valence electrons. The Hall–Kier alpha value is -4.61. The van der Waals surface area contributed by atoms with E-state index in [-0.39, 0.29) is 17.9 Å². The predicted octanol–water partition coefficient (Wildman–Crippen LogP) is 2.81. The Morgan fingerprint density at radius 3 is 2.34 bits per heavy atom. The van der Waals surface area contributed by atoms with Crippen molar-refractivity contribution in [1.82, 2.24) is 15.0 Å². The lowest BCUT2D eigenvalue weighted by molar-refractivity contribution is -0.385. The van der Waals surface area contributed by atoms with E-state index in [2.05, 4.69) is 25.6 Å². The van der Waals surface area contributed by atoms with Crippen molar-refractivity contribution in [3.05, 3.63) is 69.5 Å². The quantitative estimate of drug-likeness (QED) is 0.160. The molecule has 2 aromatic heterocycles. The first kappa shape index (κ1) is 25.0. The van der Waals surface area contributed by atoms with E-state index in [1.807, 2.05) is 6.92 Å². The fraction of sp³-hybridized carbons (Fsp3) is 0.261. The summed E-state index contributed by atoms with van der Waals surface area (Å²) in [4.78, 5) is 47.4. The summed E-state index contributed by atoms with van der Waals surface area (Å²) < 4.78 is 5.23. The molecular formula is C23H25N7O5. The maximum absolute atomic E-state index is 12.7. The lowest BCUT2D eigenvalue weighted by Crippen LogP contribution is -2.19. The number of primary amides is 1. The van der Waals surface area contributed by atoms with Gasteiger partial charge in [-0.1, -0.05) is 19.1 Å². The van der Waals surface area contributed by atoms with Crippen molar-refractivity contribution >= 4 is 29.3 Å². The van der Waals surface area contributed by atoms with Crippen LogP contribution in [0.15, 0.2) is 42.6 Å². The van der Waals surface area contributed by atoms with Gasteiger partial charge < -0.3 is 21.1 Å². The molecule has 1 amide bonds. The molecule has 0 bridgehead atoms. The van der Waals surface area contributed by atoms with Gasteiger partial charge in [-0.2, -0.15) is 0 Å². The molecule has 0 aliphatic heterocycles. The molecule has 0 atom stereocenters. The molecule has 0 saturated heterocycles. The minimum Gasteiger partial charge on any atom is -0.462 e. The van der Waals surface area contributed by atoms with E-state index >= 15 is 0 Å². The fourth-order valence-corrected chi connectivity index (χ4v) is 3.22. The second-order valence-corrected chi connectivity index (χ2v) is 7.25. The van der Waals surface area contributed by atoms with Crippen molar-refractivity contribution in [2.75, 3.05) is 30.3 Å². The maximum Gasteiger partial charge on any atom is 0.342 e. The molecular weight excluding hydrogens is 454 g/mol. The van der Waals surface area contributed by atoms with Gasteiger partial charge in [-0.25, -0.2) is 19.7 Å². The number of esters is 1. The molecule has 0 saturated carbocycles. The molecule has 0 aliphatic carbocycles. The molecule has 2 heterocycles. The first-order valence-corrected chi connectivity index (χ1v) is 10.9. The number of hydrogen-bond acceptors (Lipinski definition) is 10. The van der Waals surface area contributed by atoms with E-state index in [0.29, 0.717) is 53.8 Å². The second kappa shape index (κ2) is 11.5. The highest BCUT2D eigenvalue weighted by Gasteiger charge is 2.22. The van der Waals surface area contributed by atoms with Crippen LogP contribution >= 0.6 is 0 Å². The van der Waals surface area contributed by atoms with Crippen molar-refractivity contribution in [1.29, 1.82) is 0 Å². The Kier molecular flexibility index (Phi) is 8.22. The Morgan fingerprint density at radius 1 is 1.06 bits per heavy atom. The van der Waals surface area contributed by atoms with Gasteiger partial charge in [0.25, 0.3) is 5.69 Å².